The van der Waals surface area contributed by atoms with Crippen LogP contribution in [0.25, 0.3) is 22.1 Å². The monoisotopic (exact) mass is 450 g/mol. The number of nitrogens with zero attached hydrogens (tertiary/aromatic N) is 4. The van der Waals surface area contributed by atoms with Crippen molar-refractivity contribution in [3.05, 3.63) is 90.0 Å². The minimum atomic E-state index is -0.336. The van der Waals surface area contributed by atoms with E-state index < -0.39 is 0 Å². The summed E-state index contributed by atoms with van der Waals surface area (Å²) in [5.74, 6) is 0.947. The number of nitrogens with one attached hydrogen (secondary N) is 4. The number of carbonyl (C=O) groups is 1. The first-order valence-corrected chi connectivity index (χ1v) is 10.7. The van der Waals surface area contributed by atoms with Crippen molar-refractivity contribution in [3.63, 3.8) is 0 Å². The number of anilines is 1. The fourth-order valence-corrected chi connectivity index (χ4v) is 3.43. The molecule has 0 atom stereocenters. The maximum Gasteiger partial charge on any atom is 0.271 e. The summed E-state index contributed by atoms with van der Waals surface area (Å²) in [5, 5.41) is 8.59. The Morgan fingerprint density at radius 1 is 0.765 bits per heavy atom. The van der Waals surface area contributed by atoms with Gasteiger partial charge < -0.3 is 9.97 Å². The second kappa shape index (κ2) is 8.99. The normalized spacial score (nSPS) is 12.3. The average molecular weight is 451 g/mol. The molecule has 2 aromatic heterocycles. The Kier molecular flexibility index (Phi) is 5.57. The number of rotatable bonds is 6. The molecular weight excluding hydrogens is 428 g/mol. The Morgan fingerprint density at radius 2 is 1.35 bits per heavy atom. The topological polar surface area (TPSA) is 123 Å². The van der Waals surface area contributed by atoms with E-state index in [1.807, 2.05) is 61.5 Å². The minimum absolute atomic E-state index is 0.336. The van der Waals surface area contributed by atoms with Gasteiger partial charge in [-0.2, -0.15) is 10.2 Å². The highest BCUT2D eigenvalue weighted by Crippen LogP contribution is 2.14. The van der Waals surface area contributed by atoms with Crippen LogP contribution >= 0.6 is 0 Å². The van der Waals surface area contributed by atoms with Gasteiger partial charge in [0.05, 0.1) is 27.8 Å². The van der Waals surface area contributed by atoms with Crippen molar-refractivity contribution in [2.24, 2.45) is 10.2 Å². The minimum Gasteiger partial charge on any atom is -0.337 e. The van der Waals surface area contributed by atoms with E-state index in [9.17, 15) is 4.79 Å². The Balaban J connectivity index is 1.26. The van der Waals surface area contributed by atoms with Crippen LogP contribution in [0.4, 0.5) is 5.69 Å². The van der Waals surface area contributed by atoms with Crippen LogP contribution < -0.4 is 10.9 Å². The molecule has 0 bridgehead atoms. The largest absolute Gasteiger partial charge is 0.337 e. The number of aromatic amines is 2. The molecule has 0 spiro atoms. The molecule has 34 heavy (non-hydrogen) atoms. The highest BCUT2D eigenvalue weighted by Gasteiger charge is 2.09. The SMILES string of the molecule is C/C(=N\NC(=O)c1cccc(N/N=C(\C)c2nc3ccccc3[nH]2)c1)c1nc2ccccc2[nH]1. The number of amides is 1. The van der Waals surface area contributed by atoms with Gasteiger partial charge >= 0.3 is 0 Å². The molecule has 0 aliphatic heterocycles. The molecule has 0 saturated carbocycles. The summed E-state index contributed by atoms with van der Waals surface area (Å²) in [5.41, 5.74) is 11.5. The van der Waals surface area contributed by atoms with Gasteiger partial charge in [0.25, 0.3) is 5.91 Å². The van der Waals surface area contributed by atoms with Gasteiger partial charge in [-0.05, 0) is 56.3 Å². The van der Waals surface area contributed by atoms with Gasteiger partial charge in [-0.3, -0.25) is 10.2 Å². The molecule has 9 heteroatoms. The summed E-state index contributed by atoms with van der Waals surface area (Å²) in [6.07, 6.45) is 0. The summed E-state index contributed by atoms with van der Waals surface area (Å²) in [6.45, 7) is 3.64. The first-order chi connectivity index (χ1) is 16.6. The predicted molar refractivity (Wildman–Crippen MR) is 134 cm³/mol. The lowest BCUT2D eigenvalue weighted by atomic mass is 10.2. The van der Waals surface area contributed by atoms with Crippen LogP contribution in [0.5, 0.6) is 0 Å². The lowest BCUT2D eigenvalue weighted by Gasteiger charge is -2.05. The summed E-state index contributed by atoms with van der Waals surface area (Å²) in [4.78, 5) is 28.1. The average Bonchev–Trinajstić information content (AvgIpc) is 3.50. The van der Waals surface area contributed by atoms with E-state index in [0.29, 0.717) is 34.3 Å². The third-order valence-corrected chi connectivity index (χ3v) is 5.27. The molecule has 4 N–H and O–H groups in total. The summed E-state index contributed by atoms with van der Waals surface area (Å²) in [7, 11) is 0. The molecule has 5 rings (SSSR count). The number of hydrazone groups is 2. The van der Waals surface area contributed by atoms with Crippen molar-refractivity contribution < 1.29 is 4.79 Å². The van der Waals surface area contributed by atoms with Crippen LogP contribution in [0.15, 0.2) is 83.0 Å². The molecule has 1 amide bonds. The molecule has 0 unspecified atom stereocenters. The zero-order chi connectivity index (χ0) is 23.5. The highest BCUT2D eigenvalue weighted by molar-refractivity contribution is 6.01. The quantitative estimate of drug-likeness (QED) is 0.226. The number of aromatic nitrogens is 4. The predicted octanol–water partition coefficient (Wildman–Crippen LogP) is 4.43. The van der Waals surface area contributed by atoms with Crippen molar-refractivity contribution in [1.82, 2.24) is 25.4 Å². The van der Waals surface area contributed by atoms with Crippen molar-refractivity contribution in [2.45, 2.75) is 13.8 Å². The molecule has 3 aromatic carbocycles. The third kappa shape index (κ3) is 4.40. The van der Waals surface area contributed by atoms with E-state index in [0.717, 1.165) is 22.1 Å². The number of hydrogen-bond acceptors (Lipinski definition) is 6. The molecule has 168 valence electrons. The smallest absolute Gasteiger partial charge is 0.271 e. The van der Waals surface area contributed by atoms with E-state index in [2.05, 4.69) is 41.0 Å². The molecule has 5 aromatic rings. The molecule has 2 heterocycles. The number of para-hydroxylation sites is 4. The lowest BCUT2D eigenvalue weighted by molar-refractivity contribution is 0.0955. The zero-order valence-electron chi connectivity index (χ0n) is 18.6. The Bertz CT molecular complexity index is 1490. The third-order valence-electron chi connectivity index (χ3n) is 5.27. The van der Waals surface area contributed by atoms with Gasteiger partial charge in [0.1, 0.15) is 11.4 Å². The van der Waals surface area contributed by atoms with Crippen molar-refractivity contribution >= 4 is 45.1 Å². The molecule has 0 fully saturated rings. The van der Waals surface area contributed by atoms with Crippen LogP contribution in [0.2, 0.25) is 0 Å². The van der Waals surface area contributed by atoms with Crippen LogP contribution in [-0.4, -0.2) is 37.3 Å². The molecule has 0 saturated heterocycles. The van der Waals surface area contributed by atoms with Crippen molar-refractivity contribution in [2.75, 3.05) is 5.43 Å². The van der Waals surface area contributed by atoms with Gasteiger partial charge in [0.2, 0.25) is 0 Å². The highest BCUT2D eigenvalue weighted by atomic mass is 16.2. The number of imidazole rings is 2. The van der Waals surface area contributed by atoms with E-state index in [-0.39, 0.29) is 5.91 Å². The summed E-state index contributed by atoms with van der Waals surface area (Å²) >= 11 is 0. The molecule has 0 aliphatic carbocycles. The number of carbonyl (C=O) groups excluding carboxylic acids is 1. The van der Waals surface area contributed by atoms with Crippen LogP contribution in [0.3, 0.4) is 0 Å². The van der Waals surface area contributed by atoms with Gasteiger partial charge in [0, 0.05) is 5.56 Å². The van der Waals surface area contributed by atoms with Crippen LogP contribution in [-0.2, 0) is 0 Å². The zero-order valence-corrected chi connectivity index (χ0v) is 18.6. The Labute approximate surface area is 195 Å². The van der Waals surface area contributed by atoms with Crippen LogP contribution in [0, 0.1) is 0 Å². The number of H-pyrrole nitrogens is 2. The molecule has 0 radical (unpaired) electrons. The number of fused-ring (bicyclic) bond motifs is 2. The fourth-order valence-electron chi connectivity index (χ4n) is 3.43. The first-order valence-electron chi connectivity index (χ1n) is 10.7. The Hall–Kier alpha value is -4.79. The molecular formula is C25H22N8O. The van der Waals surface area contributed by atoms with Gasteiger partial charge in [-0.1, -0.05) is 30.3 Å². The maximum atomic E-state index is 12.6. The number of hydrogen-bond donors (Lipinski definition) is 4. The Morgan fingerprint density at radius 3 is 1.97 bits per heavy atom. The lowest BCUT2D eigenvalue weighted by Crippen LogP contribution is -2.19. The maximum absolute atomic E-state index is 12.6. The number of benzene rings is 3. The summed E-state index contributed by atoms with van der Waals surface area (Å²) in [6, 6.07) is 22.5. The second-order valence-corrected chi connectivity index (χ2v) is 7.73. The van der Waals surface area contributed by atoms with E-state index in [1.54, 1.807) is 25.1 Å². The van der Waals surface area contributed by atoms with E-state index in [1.165, 1.54) is 0 Å². The van der Waals surface area contributed by atoms with E-state index >= 15 is 0 Å². The fraction of sp³-hybridized carbons (Fsp3) is 0.0800. The van der Waals surface area contributed by atoms with Crippen molar-refractivity contribution in [1.29, 1.82) is 0 Å². The standard InChI is InChI=1S/C25H22N8O/c1-15(23-26-19-10-3-4-11-20(19)27-23)30-32-18-9-7-8-17(14-18)25(34)33-31-16(2)24-28-21-12-5-6-13-22(21)29-24/h3-14,32H,1-2H3,(H,26,27)(H,28,29)(H,33,34)/b30-15+,31-16+. The first kappa shape index (κ1) is 21.1. The van der Waals surface area contributed by atoms with Crippen molar-refractivity contribution in [3.8, 4) is 0 Å². The summed E-state index contributed by atoms with van der Waals surface area (Å²) < 4.78 is 0. The van der Waals surface area contributed by atoms with Crippen LogP contribution in [0.1, 0.15) is 35.9 Å². The van der Waals surface area contributed by atoms with Gasteiger partial charge in [-0.15, -0.1) is 0 Å². The second-order valence-electron chi connectivity index (χ2n) is 7.73. The van der Waals surface area contributed by atoms with Gasteiger partial charge in [0.15, 0.2) is 11.6 Å². The van der Waals surface area contributed by atoms with Gasteiger partial charge in [-0.25, -0.2) is 15.4 Å². The molecule has 0 aliphatic rings. The van der Waals surface area contributed by atoms with E-state index in [4.69, 9.17) is 0 Å². The molecule has 9 nitrogen and oxygen atoms in total.